The third kappa shape index (κ3) is 3.29. The zero-order chi connectivity index (χ0) is 23.2. The van der Waals surface area contributed by atoms with Crippen molar-refractivity contribution in [2.24, 2.45) is 7.05 Å². The lowest BCUT2D eigenvalue weighted by Gasteiger charge is -2.21. The summed E-state index contributed by atoms with van der Waals surface area (Å²) >= 11 is 1.57. The fraction of sp³-hybridized carbons (Fsp3) is 0.120. The predicted molar refractivity (Wildman–Crippen MR) is 135 cm³/mol. The van der Waals surface area contributed by atoms with Crippen LogP contribution in [0.2, 0.25) is 0 Å². The molecular formula is C25H21N7OS. The largest absolute Gasteiger partial charge is 0.362 e. The average molecular weight is 468 g/mol. The fourth-order valence-electron chi connectivity index (χ4n) is 4.30. The number of rotatable bonds is 5. The first-order valence-electron chi connectivity index (χ1n) is 10.9. The van der Waals surface area contributed by atoms with Crippen LogP contribution >= 0.6 is 11.3 Å². The van der Waals surface area contributed by atoms with E-state index < -0.39 is 0 Å². The van der Waals surface area contributed by atoms with Gasteiger partial charge in [0.1, 0.15) is 5.82 Å². The van der Waals surface area contributed by atoms with E-state index in [1.54, 1.807) is 43.7 Å². The van der Waals surface area contributed by atoms with Gasteiger partial charge in [-0.2, -0.15) is 14.7 Å². The van der Waals surface area contributed by atoms with Crippen LogP contribution in [0.5, 0.6) is 0 Å². The van der Waals surface area contributed by atoms with E-state index in [1.165, 1.54) is 0 Å². The van der Waals surface area contributed by atoms with Gasteiger partial charge in [0.05, 0.1) is 23.8 Å². The van der Waals surface area contributed by atoms with Gasteiger partial charge in [-0.25, -0.2) is 4.98 Å². The number of benzene rings is 1. The SMILES string of the molecule is CC(Nc1ccnc2ccnn12)c1cc2scc(-c3cnn(C)c3)c2c(=O)n1-c1ccccc1. The van der Waals surface area contributed by atoms with E-state index in [-0.39, 0.29) is 11.6 Å². The summed E-state index contributed by atoms with van der Waals surface area (Å²) in [4.78, 5) is 18.4. The quantitative estimate of drug-likeness (QED) is 0.399. The van der Waals surface area contributed by atoms with Gasteiger partial charge >= 0.3 is 0 Å². The molecule has 0 bridgehead atoms. The number of nitrogens with one attached hydrogen (secondary N) is 1. The van der Waals surface area contributed by atoms with Crippen LogP contribution in [0.3, 0.4) is 0 Å². The Kier molecular flexibility index (Phi) is 4.77. The summed E-state index contributed by atoms with van der Waals surface area (Å²) < 4.78 is 6.25. The second kappa shape index (κ2) is 7.96. The number of anilines is 1. The van der Waals surface area contributed by atoms with E-state index in [4.69, 9.17) is 0 Å². The van der Waals surface area contributed by atoms with E-state index in [0.717, 1.165) is 38.7 Å². The minimum Gasteiger partial charge on any atom is -0.362 e. The number of para-hydroxylation sites is 1. The Morgan fingerprint density at radius 3 is 2.71 bits per heavy atom. The first kappa shape index (κ1) is 20.4. The lowest BCUT2D eigenvalue weighted by atomic mass is 10.1. The van der Waals surface area contributed by atoms with Gasteiger partial charge in [0.2, 0.25) is 0 Å². The topological polar surface area (TPSA) is 82.0 Å². The van der Waals surface area contributed by atoms with Crippen molar-refractivity contribution in [2.75, 3.05) is 5.32 Å². The van der Waals surface area contributed by atoms with Crippen LogP contribution in [-0.2, 0) is 7.05 Å². The molecule has 0 amide bonds. The maximum atomic E-state index is 14.0. The smallest absolute Gasteiger partial charge is 0.264 e. The van der Waals surface area contributed by atoms with Gasteiger partial charge in [-0.05, 0) is 31.2 Å². The van der Waals surface area contributed by atoms with E-state index in [9.17, 15) is 4.79 Å². The number of fused-ring (bicyclic) bond motifs is 2. The molecule has 34 heavy (non-hydrogen) atoms. The number of nitrogens with zero attached hydrogens (tertiary/aromatic N) is 6. The molecule has 1 aromatic carbocycles. The molecule has 0 aliphatic rings. The Balaban J connectivity index is 1.55. The summed E-state index contributed by atoms with van der Waals surface area (Å²) in [6, 6.07) is 15.4. The van der Waals surface area contributed by atoms with Crippen LogP contribution in [-0.4, -0.2) is 28.9 Å². The summed E-state index contributed by atoms with van der Waals surface area (Å²) in [6.07, 6.45) is 7.20. The number of pyridine rings is 1. The number of aromatic nitrogens is 6. The van der Waals surface area contributed by atoms with E-state index >= 15 is 0 Å². The van der Waals surface area contributed by atoms with Crippen molar-refractivity contribution in [3.05, 3.63) is 94.7 Å². The van der Waals surface area contributed by atoms with Gasteiger partial charge in [-0.1, -0.05) is 18.2 Å². The normalized spacial score (nSPS) is 12.4. The van der Waals surface area contributed by atoms with Gasteiger partial charge < -0.3 is 5.32 Å². The monoisotopic (exact) mass is 467 g/mol. The molecule has 9 heteroatoms. The Labute approximate surface area is 198 Å². The van der Waals surface area contributed by atoms with Gasteiger partial charge in [0, 0.05) is 58.1 Å². The van der Waals surface area contributed by atoms with Crippen LogP contribution in [0.15, 0.2) is 83.5 Å². The molecule has 1 unspecified atom stereocenters. The molecular weight excluding hydrogens is 446 g/mol. The molecule has 6 aromatic rings. The van der Waals surface area contributed by atoms with Crippen molar-refractivity contribution in [2.45, 2.75) is 13.0 Å². The minimum atomic E-state index is -0.184. The maximum absolute atomic E-state index is 14.0. The molecule has 8 nitrogen and oxygen atoms in total. The molecule has 0 saturated heterocycles. The summed E-state index contributed by atoms with van der Waals surface area (Å²) in [5.74, 6) is 0.803. The molecule has 0 fully saturated rings. The third-order valence-corrected chi connectivity index (χ3v) is 6.83. The van der Waals surface area contributed by atoms with Gasteiger partial charge in [0.25, 0.3) is 5.56 Å². The number of hydrogen-bond donors (Lipinski definition) is 1. The van der Waals surface area contributed by atoms with Crippen molar-refractivity contribution in [3.63, 3.8) is 0 Å². The van der Waals surface area contributed by atoms with Crippen LogP contribution in [0.4, 0.5) is 5.82 Å². The molecule has 1 N–H and O–H groups in total. The van der Waals surface area contributed by atoms with Crippen molar-refractivity contribution in [3.8, 4) is 16.8 Å². The summed E-state index contributed by atoms with van der Waals surface area (Å²) in [5.41, 5.74) is 4.23. The predicted octanol–water partition coefficient (Wildman–Crippen LogP) is 4.67. The highest BCUT2D eigenvalue weighted by Crippen LogP contribution is 2.34. The summed E-state index contributed by atoms with van der Waals surface area (Å²) in [5, 5.41) is 14.9. The summed E-state index contributed by atoms with van der Waals surface area (Å²) in [7, 11) is 1.88. The Morgan fingerprint density at radius 1 is 1.06 bits per heavy atom. The molecule has 0 spiro atoms. The molecule has 5 aromatic heterocycles. The van der Waals surface area contributed by atoms with Crippen molar-refractivity contribution < 1.29 is 0 Å². The molecule has 168 valence electrons. The molecule has 0 aliphatic carbocycles. The van der Waals surface area contributed by atoms with Crippen LogP contribution in [0.1, 0.15) is 18.7 Å². The maximum Gasteiger partial charge on any atom is 0.264 e. The Morgan fingerprint density at radius 2 is 1.91 bits per heavy atom. The minimum absolute atomic E-state index is 0.0496. The van der Waals surface area contributed by atoms with Crippen LogP contribution in [0, 0.1) is 0 Å². The van der Waals surface area contributed by atoms with Gasteiger partial charge in [-0.15, -0.1) is 11.3 Å². The van der Waals surface area contributed by atoms with Gasteiger partial charge in [0.15, 0.2) is 5.65 Å². The molecule has 0 aliphatic heterocycles. The van der Waals surface area contributed by atoms with Crippen molar-refractivity contribution in [1.29, 1.82) is 0 Å². The molecule has 1 atom stereocenters. The zero-order valence-electron chi connectivity index (χ0n) is 18.6. The second-order valence-electron chi connectivity index (χ2n) is 8.13. The highest BCUT2D eigenvalue weighted by Gasteiger charge is 2.21. The van der Waals surface area contributed by atoms with Crippen molar-refractivity contribution in [1.82, 2.24) is 28.9 Å². The molecule has 6 rings (SSSR count). The van der Waals surface area contributed by atoms with E-state index in [2.05, 4.69) is 26.6 Å². The van der Waals surface area contributed by atoms with Crippen molar-refractivity contribution >= 4 is 32.9 Å². The zero-order valence-corrected chi connectivity index (χ0v) is 19.4. The third-order valence-electron chi connectivity index (χ3n) is 5.90. The van der Waals surface area contributed by atoms with E-state index in [0.29, 0.717) is 5.39 Å². The molecule has 0 saturated carbocycles. The number of thiophene rings is 1. The number of aryl methyl sites for hydroxylation is 1. The van der Waals surface area contributed by atoms with Crippen LogP contribution in [0.25, 0.3) is 32.5 Å². The Bertz CT molecular complexity index is 1690. The summed E-state index contributed by atoms with van der Waals surface area (Å²) in [6.45, 7) is 2.05. The average Bonchev–Trinajstić information content (AvgIpc) is 3.59. The van der Waals surface area contributed by atoms with Gasteiger partial charge in [-0.3, -0.25) is 14.0 Å². The lowest BCUT2D eigenvalue weighted by Crippen LogP contribution is -2.25. The lowest BCUT2D eigenvalue weighted by molar-refractivity contribution is 0.764. The van der Waals surface area contributed by atoms with E-state index in [1.807, 2.05) is 68.0 Å². The van der Waals surface area contributed by atoms with Crippen LogP contribution < -0.4 is 10.9 Å². The standard InChI is InChI=1S/C25H21N7OS/c1-16(29-23-8-10-26-22-9-11-27-32(22)23)20-12-21-24(19(15-34-21)17-13-28-30(2)14-17)25(33)31(20)18-6-4-3-5-7-18/h3-16,29H,1-2H3. The molecule has 0 radical (unpaired) electrons. The number of hydrogen-bond acceptors (Lipinski definition) is 6. The highest BCUT2D eigenvalue weighted by atomic mass is 32.1. The fourth-order valence-corrected chi connectivity index (χ4v) is 5.30. The first-order valence-corrected chi connectivity index (χ1v) is 11.7. The highest BCUT2D eigenvalue weighted by molar-refractivity contribution is 7.17. The first-order chi connectivity index (χ1) is 16.6. The molecule has 5 heterocycles. The second-order valence-corrected chi connectivity index (χ2v) is 9.05. The Hall–Kier alpha value is -4.24.